The fourth-order valence-corrected chi connectivity index (χ4v) is 1.67. The van der Waals surface area contributed by atoms with Crippen molar-refractivity contribution in [2.45, 2.75) is 25.8 Å². The van der Waals surface area contributed by atoms with Gasteiger partial charge in [0.1, 0.15) is 19.0 Å². The zero-order chi connectivity index (χ0) is 12.0. The molecule has 0 fully saturated rings. The van der Waals surface area contributed by atoms with Crippen LogP contribution < -0.4 is 10.5 Å². The summed E-state index contributed by atoms with van der Waals surface area (Å²) in [6.07, 6.45) is 1.52. The van der Waals surface area contributed by atoms with Gasteiger partial charge in [-0.3, -0.25) is 0 Å². The van der Waals surface area contributed by atoms with E-state index in [2.05, 4.69) is 0 Å². The third-order valence-electron chi connectivity index (χ3n) is 2.40. The Morgan fingerprint density at radius 2 is 2.25 bits per heavy atom. The van der Waals surface area contributed by atoms with Crippen LogP contribution in [0, 0.1) is 0 Å². The summed E-state index contributed by atoms with van der Waals surface area (Å²) in [5, 5.41) is 0.625. The van der Waals surface area contributed by atoms with E-state index >= 15 is 0 Å². The maximum Gasteiger partial charge on any atom is 0.124 e. The quantitative estimate of drug-likeness (QED) is 0.836. The molecule has 1 aromatic carbocycles. The molecular formula is C12H17ClFNO. The molecule has 0 spiro atoms. The Labute approximate surface area is 101 Å². The van der Waals surface area contributed by atoms with Crippen molar-refractivity contribution in [2.24, 2.45) is 5.73 Å². The summed E-state index contributed by atoms with van der Waals surface area (Å²) in [6.45, 7) is 1.56. The van der Waals surface area contributed by atoms with Gasteiger partial charge in [0.15, 0.2) is 0 Å². The highest BCUT2D eigenvalue weighted by atomic mass is 35.5. The second-order valence-corrected chi connectivity index (χ2v) is 4.03. The lowest BCUT2D eigenvalue weighted by molar-refractivity contribution is 0.270. The third-order valence-corrected chi connectivity index (χ3v) is 2.76. The van der Waals surface area contributed by atoms with Crippen molar-refractivity contribution in [3.8, 4) is 5.75 Å². The molecule has 1 unspecified atom stereocenters. The third kappa shape index (κ3) is 3.65. The van der Waals surface area contributed by atoms with E-state index in [1.54, 1.807) is 18.2 Å². The van der Waals surface area contributed by atoms with Gasteiger partial charge in [-0.05, 0) is 25.0 Å². The van der Waals surface area contributed by atoms with Gasteiger partial charge < -0.3 is 10.5 Å². The Kier molecular flexibility index (Phi) is 5.56. The Balaban J connectivity index is 2.85. The van der Waals surface area contributed by atoms with Crippen molar-refractivity contribution >= 4 is 11.6 Å². The van der Waals surface area contributed by atoms with Gasteiger partial charge >= 0.3 is 0 Å². The number of benzene rings is 1. The van der Waals surface area contributed by atoms with E-state index in [0.29, 0.717) is 17.2 Å². The van der Waals surface area contributed by atoms with Crippen molar-refractivity contribution in [3.05, 3.63) is 28.8 Å². The molecule has 1 rings (SSSR count). The maximum atomic E-state index is 12.1. The van der Waals surface area contributed by atoms with Crippen molar-refractivity contribution in [3.63, 3.8) is 0 Å². The minimum Gasteiger partial charge on any atom is -0.491 e. The molecule has 1 aromatic rings. The fraction of sp³-hybridized carbons (Fsp3) is 0.500. The number of hydrogen-bond donors (Lipinski definition) is 1. The summed E-state index contributed by atoms with van der Waals surface area (Å²) in [5.41, 5.74) is 6.75. The van der Waals surface area contributed by atoms with E-state index in [0.717, 1.165) is 12.0 Å². The zero-order valence-electron chi connectivity index (χ0n) is 9.38. The second kappa shape index (κ2) is 6.71. The van der Waals surface area contributed by atoms with E-state index in [9.17, 15) is 4.39 Å². The molecule has 0 saturated carbocycles. The molecule has 4 heteroatoms. The Bertz CT molecular complexity index is 333. The van der Waals surface area contributed by atoms with Crippen LogP contribution in [0.15, 0.2) is 18.2 Å². The molecule has 0 aromatic heterocycles. The first kappa shape index (κ1) is 13.3. The van der Waals surface area contributed by atoms with Gasteiger partial charge in [0, 0.05) is 16.6 Å². The van der Waals surface area contributed by atoms with Crippen molar-refractivity contribution in [1.82, 2.24) is 0 Å². The van der Waals surface area contributed by atoms with Gasteiger partial charge in [0.25, 0.3) is 0 Å². The molecule has 0 radical (unpaired) electrons. The number of ether oxygens (including phenoxy) is 1. The number of alkyl halides is 1. The van der Waals surface area contributed by atoms with E-state index in [-0.39, 0.29) is 12.6 Å². The second-order valence-electron chi connectivity index (χ2n) is 3.63. The van der Waals surface area contributed by atoms with Crippen LogP contribution in [0.4, 0.5) is 4.39 Å². The van der Waals surface area contributed by atoms with Crippen LogP contribution in [0.3, 0.4) is 0 Å². The molecule has 0 bridgehead atoms. The molecule has 0 amide bonds. The van der Waals surface area contributed by atoms with Gasteiger partial charge in [-0.2, -0.15) is 0 Å². The Morgan fingerprint density at radius 3 is 2.88 bits per heavy atom. The van der Waals surface area contributed by atoms with E-state index in [1.807, 2.05) is 6.92 Å². The van der Waals surface area contributed by atoms with Crippen LogP contribution in [-0.2, 0) is 6.42 Å². The Morgan fingerprint density at radius 1 is 1.50 bits per heavy atom. The molecule has 0 aliphatic carbocycles. The maximum absolute atomic E-state index is 12.1. The Hall–Kier alpha value is -0.800. The monoisotopic (exact) mass is 245 g/mol. The highest BCUT2D eigenvalue weighted by molar-refractivity contribution is 6.31. The van der Waals surface area contributed by atoms with Crippen LogP contribution in [0.5, 0.6) is 5.75 Å². The first-order chi connectivity index (χ1) is 7.69. The average Bonchev–Trinajstić information content (AvgIpc) is 2.29. The molecule has 2 nitrogen and oxygen atoms in total. The molecule has 0 aliphatic heterocycles. The van der Waals surface area contributed by atoms with E-state index < -0.39 is 6.67 Å². The summed E-state index contributed by atoms with van der Waals surface area (Å²) in [6, 6.07) is 5.42. The largest absolute Gasteiger partial charge is 0.491 e. The predicted octanol–water partition coefficient (Wildman–Crippen LogP) is 2.97. The number of nitrogens with two attached hydrogens (primary N) is 1. The highest BCUT2D eigenvalue weighted by Gasteiger charge is 2.11. The lowest BCUT2D eigenvalue weighted by Crippen LogP contribution is -2.22. The zero-order valence-corrected chi connectivity index (χ0v) is 10.1. The summed E-state index contributed by atoms with van der Waals surface area (Å²) < 4.78 is 17.4. The summed E-state index contributed by atoms with van der Waals surface area (Å²) in [5.74, 6) is 0.633. The first-order valence-corrected chi connectivity index (χ1v) is 5.78. The lowest BCUT2D eigenvalue weighted by Gasteiger charge is -2.15. The fourth-order valence-electron chi connectivity index (χ4n) is 1.43. The van der Waals surface area contributed by atoms with Gasteiger partial charge in [0.05, 0.1) is 0 Å². The molecule has 90 valence electrons. The van der Waals surface area contributed by atoms with E-state index in [1.165, 1.54) is 0 Å². The smallest absolute Gasteiger partial charge is 0.124 e. The molecule has 0 heterocycles. The summed E-state index contributed by atoms with van der Waals surface area (Å²) in [4.78, 5) is 0. The standard InChI is InChI=1S/C12H17ClFNO/c1-2-9(15)8-10-11(13)4-3-5-12(10)16-7-6-14/h3-5,9H,2,6-8,15H2,1H3. The topological polar surface area (TPSA) is 35.2 Å². The molecule has 0 saturated heterocycles. The molecule has 16 heavy (non-hydrogen) atoms. The normalized spacial score (nSPS) is 12.5. The van der Waals surface area contributed by atoms with Crippen molar-refractivity contribution in [2.75, 3.05) is 13.3 Å². The first-order valence-electron chi connectivity index (χ1n) is 5.40. The SMILES string of the molecule is CCC(N)Cc1c(Cl)cccc1OCCF. The molecule has 1 atom stereocenters. The van der Waals surface area contributed by atoms with Crippen LogP contribution in [0.1, 0.15) is 18.9 Å². The van der Waals surface area contributed by atoms with Crippen LogP contribution >= 0.6 is 11.6 Å². The van der Waals surface area contributed by atoms with Gasteiger partial charge in [-0.25, -0.2) is 4.39 Å². The molecule has 0 aliphatic rings. The van der Waals surface area contributed by atoms with Gasteiger partial charge in [-0.15, -0.1) is 0 Å². The predicted molar refractivity (Wildman–Crippen MR) is 64.9 cm³/mol. The van der Waals surface area contributed by atoms with Crippen LogP contribution in [0.2, 0.25) is 5.02 Å². The highest BCUT2D eigenvalue weighted by Crippen LogP contribution is 2.27. The van der Waals surface area contributed by atoms with Gasteiger partial charge in [-0.1, -0.05) is 24.6 Å². The average molecular weight is 246 g/mol. The van der Waals surface area contributed by atoms with Crippen molar-refractivity contribution < 1.29 is 9.13 Å². The summed E-state index contributed by atoms with van der Waals surface area (Å²) in [7, 11) is 0. The van der Waals surface area contributed by atoms with Crippen LogP contribution in [-0.4, -0.2) is 19.3 Å². The molecule has 2 N–H and O–H groups in total. The van der Waals surface area contributed by atoms with Crippen LogP contribution in [0.25, 0.3) is 0 Å². The number of hydrogen-bond acceptors (Lipinski definition) is 2. The minimum absolute atomic E-state index is 0.0487. The van der Waals surface area contributed by atoms with E-state index in [4.69, 9.17) is 22.1 Å². The minimum atomic E-state index is -0.508. The van der Waals surface area contributed by atoms with Gasteiger partial charge in [0.2, 0.25) is 0 Å². The van der Waals surface area contributed by atoms with Crippen molar-refractivity contribution in [1.29, 1.82) is 0 Å². The molecular weight excluding hydrogens is 229 g/mol. The number of rotatable bonds is 6. The lowest BCUT2D eigenvalue weighted by atomic mass is 10.0. The summed E-state index contributed by atoms with van der Waals surface area (Å²) >= 11 is 6.08. The number of halogens is 2.